The fourth-order valence-electron chi connectivity index (χ4n) is 6.09. The quantitative estimate of drug-likeness (QED) is 0.141. The molecule has 0 unspecified atom stereocenters. The Balaban J connectivity index is 1.62. The van der Waals surface area contributed by atoms with E-state index >= 15 is 0 Å². The monoisotopic (exact) mass is 693 g/mol. The first-order valence-corrected chi connectivity index (χ1v) is 17.8. The second kappa shape index (κ2) is 20.3. The average molecular weight is 694 g/mol. The summed E-state index contributed by atoms with van der Waals surface area (Å²) in [5.74, 6) is -1.57. The number of esters is 1. The molecule has 13 heteroatoms. The fraction of sp³-hybridized carbons (Fsp3) is 0.722. The van der Waals surface area contributed by atoms with Crippen LogP contribution in [0.2, 0.25) is 0 Å². The number of halogens is 1. The van der Waals surface area contributed by atoms with E-state index in [-0.39, 0.29) is 43.7 Å². The van der Waals surface area contributed by atoms with Crippen molar-refractivity contribution in [3.8, 4) is 0 Å². The van der Waals surface area contributed by atoms with Gasteiger partial charge in [0.25, 0.3) is 0 Å². The highest BCUT2D eigenvalue weighted by Gasteiger charge is 2.47. The molecule has 12 nitrogen and oxygen atoms in total. The van der Waals surface area contributed by atoms with Gasteiger partial charge >= 0.3 is 18.2 Å². The highest BCUT2D eigenvalue weighted by atomic mass is 19.1. The van der Waals surface area contributed by atoms with E-state index in [1.54, 1.807) is 19.1 Å². The third-order valence-electron chi connectivity index (χ3n) is 8.48. The largest absolute Gasteiger partial charge is 0.464 e. The van der Waals surface area contributed by atoms with E-state index in [1.807, 2.05) is 13.8 Å². The lowest BCUT2D eigenvalue weighted by Gasteiger charge is -2.47. The predicted octanol–water partition coefficient (Wildman–Crippen LogP) is 5.55. The number of rotatable bonds is 17. The van der Waals surface area contributed by atoms with Gasteiger partial charge < -0.3 is 39.6 Å². The zero-order valence-electron chi connectivity index (χ0n) is 29.7. The summed E-state index contributed by atoms with van der Waals surface area (Å²) in [5, 5.41) is 8.33. The summed E-state index contributed by atoms with van der Waals surface area (Å²) in [5.41, 5.74) is 0.876. The van der Waals surface area contributed by atoms with Crippen LogP contribution in [0.5, 0.6) is 0 Å². The topological polar surface area (TPSA) is 151 Å². The Morgan fingerprint density at radius 3 is 2.37 bits per heavy atom. The Morgan fingerprint density at radius 1 is 0.959 bits per heavy atom. The van der Waals surface area contributed by atoms with Gasteiger partial charge in [0.15, 0.2) is 5.79 Å². The number of nitrogens with one attached hydrogen (secondary N) is 3. The van der Waals surface area contributed by atoms with Gasteiger partial charge in [-0.25, -0.2) is 18.8 Å². The molecule has 3 rings (SSSR count). The molecular formula is C36H56FN3O9. The standard InChI is InChI=1S/C36H56FN3O9/c1-6-45-33(42)31(20-25(4)5)40-32(41)14-13-28-21-30(47-35(44)39-19-16-26-9-11-27(37)12-10-26)22-36(48-28)17-7-8-29(49-36)23-46-34(43)38-18-15-24(2)3/h9-12,24-25,28-31H,6-8,13-23H2,1-5H3,(H,38,43)(H,39,44)(H,40,41)/t28-,29-,30-,31+,36+/m1/s1. The lowest BCUT2D eigenvalue weighted by molar-refractivity contribution is -0.329. The highest BCUT2D eigenvalue weighted by Crippen LogP contribution is 2.41. The average Bonchev–Trinajstić information content (AvgIpc) is 3.03. The fourth-order valence-corrected chi connectivity index (χ4v) is 6.09. The second-order valence-corrected chi connectivity index (χ2v) is 13.8. The molecule has 2 aliphatic rings. The van der Waals surface area contributed by atoms with Gasteiger partial charge in [-0.3, -0.25) is 4.79 Å². The summed E-state index contributed by atoms with van der Waals surface area (Å²) in [6.45, 7) is 10.9. The summed E-state index contributed by atoms with van der Waals surface area (Å²) in [7, 11) is 0. The van der Waals surface area contributed by atoms with E-state index < -0.39 is 48.3 Å². The van der Waals surface area contributed by atoms with Gasteiger partial charge in [0.1, 0.15) is 24.6 Å². The Bertz CT molecular complexity index is 1200. The smallest absolute Gasteiger partial charge is 0.407 e. The van der Waals surface area contributed by atoms with Crippen LogP contribution in [0.1, 0.15) is 98.0 Å². The molecule has 5 atom stereocenters. The maximum atomic E-state index is 13.2. The molecule has 1 aromatic rings. The molecule has 2 fully saturated rings. The van der Waals surface area contributed by atoms with Crippen LogP contribution in [-0.4, -0.2) is 80.5 Å². The molecule has 0 saturated carbocycles. The van der Waals surface area contributed by atoms with Gasteiger partial charge in [-0.1, -0.05) is 39.8 Å². The van der Waals surface area contributed by atoms with Crippen molar-refractivity contribution in [1.82, 2.24) is 16.0 Å². The first kappa shape index (κ1) is 40.0. The van der Waals surface area contributed by atoms with E-state index in [1.165, 1.54) is 12.1 Å². The minimum atomic E-state index is -1.09. The second-order valence-electron chi connectivity index (χ2n) is 13.8. The zero-order valence-corrected chi connectivity index (χ0v) is 29.7. The number of carbonyl (C=O) groups is 4. The third-order valence-corrected chi connectivity index (χ3v) is 8.48. The summed E-state index contributed by atoms with van der Waals surface area (Å²) in [6.07, 6.45) is 2.17. The van der Waals surface area contributed by atoms with E-state index in [4.69, 9.17) is 23.7 Å². The first-order valence-electron chi connectivity index (χ1n) is 17.8. The minimum absolute atomic E-state index is 0.0478. The molecule has 2 aliphatic heterocycles. The molecule has 0 aromatic heterocycles. The van der Waals surface area contributed by atoms with Gasteiger partial charge in [-0.15, -0.1) is 0 Å². The van der Waals surface area contributed by atoms with Crippen molar-refractivity contribution in [3.05, 3.63) is 35.6 Å². The predicted molar refractivity (Wildman–Crippen MR) is 180 cm³/mol. The van der Waals surface area contributed by atoms with Crippen LogP contribution in [0.4, 0.5) is 14.0 Å². The van der Waals surface area contributed by atoms with Gasteiger partial charge in [0.05, 0.1) is 18.8 Å². The molecule has 276 valence electrons. The first-order chi connectivity index (χ1) is 23.4. The normalized spacial score (nSPS) is 22.7. The maximum Gasteiger partial charge on any atom is 0.407 e. The molecule has 0 bridgehead atoms. The molecule has 0 radical (unpaired) electrons. The molecule has 1 spiro atoms. The summed E-state index contributed by atoms with van der Waals surface area (Å²) < 4.78 is 42.6. The lowest BCUT2D eigenvalue weighted by Crippen LogP contribution is -2.54. The maximum absolute atomic E-state index is 13.2. The number of hydrogen-bond donors (Lipinski definition) is 3. The van der Waals surface area contributed by atoms with Gasteiger partial charge in [-0.2, -0.15) is 0 Å². The van der Waals surface area contributed by atoms with E-state index in [0.29, 0.717) is 57.5 Å². The van der Waals surface area contributed by atoms with Crippen LogP contribution in [0.25, 0.3) is 0 Å². The molecule has 3 N–H and O–H groups in total. The third kappa shape index (κ3) is 14.9. The number of amides is 3. The summed E-state index contributed by atoms with van der Waals surface area (Å²) in [6, 6.07) is 5.33. The molecule has 1 aromatic carbocycles. The number of alkyl carbamates (subject to hydrolysis) is 2. The van der Waals surface area contributed by atoms with Crippen molar-refractivity contribution in [3.63, 3.8) is 0 Å². The van der Waals surface area contributed by atoms with Crippen molar-refractivity contribution in [1.29, 1.82) is 0 Å². The number of benzene rings is 1. The van der Waals surface area contributed by atoms with Crippen LogP contribution >= 0.6 is 0 Å². The van der Waals surface area contributed by atoms with Gasteiger partial charge in [0, 0.05) is 38.8 Å². The van der Waals surface area contributed by atoms with Crippen molar-refractivity contribution in [2.45, 2.75) is 129 Å². The Labute approximate surface area is 289 Å². The van der Waals surface area contributed by atoms with Crippen molar-refractivity contribution in [2.24, 2.45) is 11.8 Å². The van der Waals surface area contributed by atoms with Crippen molar-refractivity contribution >= 4 is 24.1 Å². The lowest BCUT2D eigenvalue weighted by atomic mass is 9.90. The van der Waals surface area contributed by atoms with Crippen LogP contribution in [0.3, 0.4) is 0 Å². The zero-order chi connectivity index (χ0) is 35.8. The Morgan fingerprint density at radius 2 is 1.67 bits per heavy atom. The molecule has 2 heterocycles. The number of hydrogen-bond acceptors (Lipinski definition) is 9. The van der Waals surface area contributed by atoms with Crippen LogP contribution in [0.15, 0.2) is 24.3 Å². The molecule has 3 amide bonds. The molecular weight excluding hydrogens is 637 g/mol. The van der Waals surface area contributed by atoms with E-state index in [9.17, 15) is 23.6 Å². The summed E-state index contributed by atoms with van der Waals surface area (Å²) in [4.78, 5) is 50.6. The number of carbonyl (C=O) groups excluding carboxylic acids is 4. The van der Waals surface area contributed by atoms with Gasteiger partial charge in [0.2, 0.25) is 5.91 Å². The van der Waals surface area contributed by atoms with Crippen molar-refractivity contribution in [2.75, 3.05) is 26.3 Å². The molecule has 0 aliphatic carbocycles. The summed E-state index contributed by atoms with van der Waals surface area (Å²) >= 11 is 0. The minimum Gasteiger partial charge on any atom is -0.464 e. The Kier molecular flexibility index (Phi) is 16.5. The van der Waals surface area contributed by atoms with Crippen molar-refractivity contribution < 1.29 is 47.3 Å². The molecule has 2 saturated heterocycles. The number of ether oxygens (including phenoxy) is 5. The highest BCUT2D eigenvalue weighted by molar-refractivity contribution is 5.84. The molecule has 49 heavy (non-hydrogen) atoms. The van der Waals surface area contributed by atoms with Crippen LogP contribution in [-0.2, 0) is 39.7 Å². The Hall–Kier alpha value is -3.45. The van der Waals surface area contributed by atoms with E-state index in [0.717, 1.165) is 18.4 Å². The van der Waals surface area contributed by atoms with Crippen LogP contribution in [0, 0.1) is 17.7 Å². The van der Waals surface area contributed by atoms with Gasteiger partial charge in [-0.05, 0) is 75.0 Å². The SMILES string of the molecule is CCOC(=O)[C@H](CC(C)C)NC(=O)CC[C@@H]1C[C@@H](OC(=O)NCCc2ccc(F)cc2)C[C@@]2(CCC[C@H](COC(=O)NCCC(C)C)O2)O1. The van der Waals surface area contributed by atoms with E-state index in [2.05, 4.69) is 29.8 Å². The van der Waals surface area contributed by atoms with Crippen LogP contribution < -0.4 is 16.0 Å².